The molecule has 1 aromatic heterocycles. The van der Waals surface area contributed by atoms with Crippen molar-refractivity contribution in [1.82, 2.24) is 9.47 Å². The van der Waals surface area contributed by atoms with E-state index in [1.165, 1.54) is 16.8 Å². The summed E-state index contributed by atoms with van der Waals surface area (Å²) in [4.78, 5) is 14.6. The summed E-state index contributed by atoms with van der Waals surface area (Å²) in [5.74, 6) is 0.242. The number of hydrogen-bond donors (Lipinski definition) is 0. The lowest BCUT2D eigenvalue weighted by Gasteiger charge is -2.24. The zero-order valence-corrected chi connectivity index (χ0v) is 16.4. The van der Waals surface area contributed by atoms with Crippen molar-refractivity contribution in [3.05, 3.63) is 59.4 Å². The van der Waals surface area contributed by atoms with Crippen LogP contribution in [0.4, 0.5) is 0 Å². The Morgan fingerprint density at radius 3 is 2.69 bits per heavy atom. The van der Waals surface area contributed by atoms with Crippen molar-refractivity contribution in [2.24, 2.45) is 0 Å². The quantitative estimate of drug-likeness (QED) is 0.559. The molecule has 142 valence electrons. The summed E-state index contributed by atoms with van der Waals surface area (Å²) in [6.07, 6.45) is 5.59. The predicted molar refractivity (Wildman–Crippen MR) is 106 cm³/mol. The van der Waals surface area contributed by atoms with Crippen molar-refractivity contribution >= 4 is 5.91 Å². The zero-order chi connectivity index (χ0) is 18.8. The minimum absolute atomic E-state index is 0.242. The van der Waals surface area contributed by atoms with Gasteiger partial charge in [0.1, 0.15) is 0 Å². The number of benzene rings is 1. The van der Waals surface area contributed by atoms with Crippen molar-refractivity contribution in [3.63, 3.8) is 0 Å². The minimum atomic E-state index is 0.242. The molecular weight excluding hydrogens is 324 g/mol. The Labute approximate surface area is 157 Å². The van der Waals surface area contributed by atoms with Gasteiger partial charge in [0.05, 0.1) is 6.54 Å². The summed E-state index contributed by atoms with van der Waals surface area (Å²) in [7, 11) is 1.70. The maximum absolute atomic E-state index is 12.6. The lowest BCUT2D eigenvalue weighted by Crippen LogP contribution is -2.32. The van der Waals surface area contributed by atoms with Gasteiger partial charge in [-0.05, 0) is 43.0 Å². The summed E-state index contributed by atoms with van der Waals surface area (Å²) < 4.78 is 7.41. The Kier molecular flexibility index (Phi) is 8.42. The Balaban J connectivity index is 2.08. The molecule has 0 fully saturated rings. The number of carbonyl (C=O) groups is 1. The van der Waals surface area contributed by atoms with Crippen molar-refractivity contribution in [1.29, 1.82) is 0 Å². The number of nitrogens with zero attached hydrogens (tertiary/aromatic N) is 2. The molecular formula is C22H32N2O2. The van der Waals surface area contributed by atoms with Gasteiger partial charge >= 0.3 is 0 Å². The van der Waals surface area contributed by atoms with E-state index in [0.717, 1.165) is 32.4 Å². The second kappa shape index (κ2) is 10.8. The zero-order valence-electron chi connectivity index (χ0n) is 16.4. The molecule has 26 heavy (non-hydrogen) atoms. The molecule has 0 aliphatic carbocycles. The Morgan fingerprint density at radius 1 is 1.15 bits per heavy atom. The monoisotopic (exact) mass is 356 g/mol. The molecule has 0 aliphatic rings. The van der Waals surface area contributed by atoms with E-state index in [4.69, 9.17) is 4.74 Å². The summed E-state index contributed by atoms with van der Waals surface area (Å²) >= 11 is 0. The first-order valence-corrected chi connectivity index (χ1v) is 9.61. The van der Waals surface area contributed by atoms with Gasteiger partial charge in [0.2, 0.25) is 5.91 Å². The van der Waals surface area contributed by atoms with Gasteiger partial charge in [-0.15, -0.1) is 0 Å². The third-order valence-electron chi connectivity index (χ3n) is 4.75. The maximum Gasteiger partial charge on any atom is 0.222 e. The van der Waals surface area contributed by atoms with E-state index in [1.807, 2.05) is 4.90 Å². The molecule has 0 atom stereocenters. The van der Waals surface area contributed by atoms with Crippen molar-refractivity contribution in [2.45, 2.75) is 52.6 Å². The van der Waals surface area contributed by atoms with Gasteiger partial charge < -0.3 is 14.2 Å². The van der Waals surface area contributed by atoms with Crippen LogP contribution in [0, 0.1) is 6.92 Å². The van der Waals surface area contributed by atoms with Crippen LogP contribution in [0.2, 0.25) is 0 Å². The van der Waals surface area contributed by atoms with Gasteiger partial charge in [-0.3, -0.25) is 4.79 Å². The van der Waals surface area contributed by atoms with Gasteiger partial charge in [0.25, 0.3) is 0 Å². The predicted octanol–water partition coefficient (Wildman–Crippen LogP) is 4.40. The van der Waals surface area contributed by atoms with Crippen LogP contribution in [-0.4, -0.2) is 35.6 Å². The van der Waals surface area contributed by atoms with Gasteiger partial charge in [0, 0.05) is 45.1 Å². The van der Waals surface area contributed by atoms with Crippen molar-refractivity contribution in [3.8, 4) is 0 Å². The number of ether oxygens (including phenoxy) is 1. The van der Waals surface area contributed by atoms with Gasteiger partial charge in [0.15, 0.2) is 0 Å². The lowest BCUT2D eigenvalue weighted by atomic mass is 10.1. The number of unbranched alkanes of at least 4 members (excludes halogenated alkanes) is 1. The fourth-order valence-electron chi connectivity index (χ4n) is 3.09. The summed E-state index contributed by atoms with van der Waals surface area (Å²) in [5.41, 5.74) is 3.78. The molecule has 1 amide bonds. The molecule has 1 heterocycles. The number of methoxy groups -OCH3 is 1. The summed E-state index contributed by atoms with van der Waals surface area (Å²) in [5, 5.41) is 0. The van der Waals surface area contributed by atoms with Crippen LogP contribution in [0.1, 0.15) is 49.4 Å². The molecule has 1 aromatic carbocycles. The highest BCUT2D eigenvalue weighted by atomic mass is 16.5. The molecule has 0 unspecified atom stereocenters. The second-order valence-electron chi connectivity index (χ2n) is 6.82. The van der Waals surface area contributed by atoms with Crippen LogP contribution >= 0.6 is 0 Å². The number of aryl methyl sites for hydroxylation is 1. The van der Waals surface area contributed by atoms with Crippen LogP contribution in [0.15, 0.2) is 42.6 Å². The topological polar surface area (TPSA) is 34.5 Å². The molecule has 0 bridgehead atoms. The third-order valence-corrected chi connectivity index (χ3v) is 4.75. The fourth-order valence-corrected chi connectivity index (χ4v) is 3.09. The number of hydrogen-bond acceptors (Lipinski definition) is 2. The fraction of sp³-hybridized carbons (Fsp3) is 0.500. The van der Waals surface area contributed by atoms with E-state index in [1.54, 1.807) is 7.11 Å². The first-order valence-electron chi connectivity index (χ1n) is 9.61. The van der Waals surface area contributed by atoms with E-state index in [9.17, 15) is 4.79 Å². The number of carbonyl (C=O) groups excluding carboxylic acids is 1. The van der Waals surface area contributed by atoms with Crippen LogP contribution in [0.3, 0.4) is 0 Å². The first kappa shape index (κ1) is 20.2. The molecule has 0 spiro atoms. The van der Waals surface area contributed by atoms with E-state index < -0.39 is 0 Å². The molecule has 0 saturated carbocycles. The van der Waals surface area contributed by atoms with E-state index in [0.29, 0.717) is 19.6 Å². The molecule has 4 nitrogen and oxygen atoms in total. The second-order valence-corrected chi connectivity index (χ2v) is 6.82. The molecule has 4 heteroatoms. The SMILES string of the molecule is CCCCC(=O)N(CCCOC)Cc1cccn1Cc1ccccc1C. The van der Waals surface area contributed by atoms with Crippen molar-refractivity contribution < 1.29 is 9.53 Å². The van der Waals surface area contributed by atoms with Gasteiger partial charge in [-0.1, -0.05) is 37.6 Å². The van der Waals surface area contributed by atoms with Crippen molar-refractivity contribution in [2.75, 3.05) is 20.3 Å². The average Bonchev–Trinajstić information content (AvgIpc) is 3.07. The highest BCUT2D eigenvalue weighted by molar-refractivity contribution is 5.76. The van der Waals surface area contributed by atoms with Gasteiger partial charge in [-0.2, -0.15) is 0 Å². The molecule has 0 N–H and O–H groups in total. The van der Waals surface area contributed by atoms with E-state index >= 15 is 0 Å². The molecule has 2 aromatic rings. The van der Waals surface area contributed by atoms with Crippen LogP contribution in [-0.2, 0) is 22.6 Å². The highest BCUT2D eigenvalue weighted by Gasteiger charge is 2.15. The molecule has 0 aliphatic heterocycles. The van der Waals surface area contributed by atoms with Crippen LogP contribution in [0.5, 0.6) is 0 Å². The third kappa shape index (κ3) is 6.03. The van der Waals surface area contributed by atoms with E-state index in [2.05, 4.69) is 61.0 Å². The van der Waals surface area contributed by atoms with Crippen LogP contribution in [0.25, 0.3) is 0 Å². The highest BCUT2D eigenvalue weighted by Crippen LogP contribution is 2.15. The number of rotatable bonds is 11. The first-order chi connectivity index (χ1) is 12.7. The standard InChI is InChI=1S/C22H32N2O2/c1-4-5-13-22(25)24(15-9-16-26-3)18-21-12-8-14-23(21)17-20-11-7-6-10-19(20)2/h6-8,10-12,14H,4-5,9,13,15-18H2,1-3H3. The lowest BCUT2D eigenvalue weighted by molar-refractivity contribution is -0.132. The van der Waals surface area contributed by atoms with Gasteiger partial charge in [-0.25, -0.2) is 0 Å². The minimum Gasteiger partial charge on any atom is -0.385 e. The van der Waals surface area contributed by atoms with Crippen LogP contribution < -0.4 is 0 Å². The molecule has 2 rings (SSSR count). The average molecular weight is 357 g/mol. The summed E-state index contributed by atoms with van der Waals surface area (Å²) in [6.45, 7) is 7.18. The Morgan fingerprint density at radius 2 is 1.96 bits per heavy atom. The molecule has 0 radical (unpaired) electrons. The number of aromatic nitrogens is 1. The summed E-state index contributed by atoms with van der Waals surface area (Å²) in [6, 6.07) is 12.6. The molecule has 0 saturated heterocycles. The normalized spacial score (nSPS) is 10.9. The smallest absolute Gasteiger partial charge is 0.222 e. The Hall–Kier alpha value is -2.07. The number of amides is 1. The largest absolute Gasteiger partial charge is 0.385 e. The van der Waals surface area contributed by atoms with E-state index in [-0.39, 0.29) is 5.91 Å². The maximum atomic E-state index is 12.6. The Bertz CT molecular complexity index is 678.